The molecule has 0 spiro atoms. The van der Waals surface area contributed by atoms with Crippen molar-refractivity contribution in [3.63, 3.8) is 0 Å². The summed E-state index contributed by atoms with van der Waals surface area (Å²) in [4.78, 5) is 12.2. The van der Waals surface area contributed by atoms with E-state index < -0.39 is 11.0 Å². The molecular weight excluding hydrogens is 296 g/mol. The van der Waals surface area contributed by atoms with Crippen LogP contribution in [-0.4, -0.2) is 33.3 Å². The number of hydrogen-bond donors (Lipinski definition) is 1. The predicted octanol–water partition coefficient (Wildman–Crippen LogP) is 2.02. The molecule has 0 saturated carbocycles. The van der Waals surface area contributed by atoms with E-state index in [1.165, 1.54) is 0 Å². The third kappa shape index (κ3) is 3.59. The van der Waals surface area contributed by atoms with Gasteiger partial charge >= 0.3 is 0 Å². The highest BCUT2D eigenvalue weighted by Gasteiger charge is 2.30. The van der Waals surface area contributed by atoms with Crippen molar-refractivity contribution in [1.29, 1.82) is 0 Å². The predicted molar refractivity (Wildman–Crippen MR) is 81.8 cm³/mol. The summed E-state index contributed by atoms with van der Waals surface area (Å²) in [5, 5.41) is 3.54. The molecule has 2 rings (SSSR count). The van der Waals surface area contributed by atoms with Gasteiger partial charge in [-0.25, -0.2) is 8.51 Å². The molecule has 4 nitrogen and oxygen atoms in total. The van der Waals surface area contributed by atoms with Crippen LogP contribution in [0.25, 0.3) is 0 Å². The third-order valence-electron chi connectivity index (χ3n) is 3.52. The van der Waals surface area contributed by atoms with Gasteiger partial charge in [0.1, 0.15) is 6.04 Å². The summed E-state index contributed by atoms with van der Waals surface area (Å²) >= 11 is 6.14. The number of benzene rings is 1. The van der Waals surface area contributed by atoms with Crippen LogP contribution in [0.2, 0.25) is 5.02 Å². The smallest absolute Gasteiger partial charge is 0.238 e. The molecule has 1 aliphatic heterocycles. The van der Waals surface area contributed by atoms with E-state index in [9.17, 15) is 9.00 Å². The third-order valence-corrected chi connectivity index (χ3v) is 5.41. The van der Waals surface area contributed by atoms with Crippen LogP contribution in [0.15, 0.2) is 18.2 Å². The molecule has 1 aliphatic rings. The van der Waals surface area contributed by atoms with Gasteiger partial charge < -0.3 is 5.32 Å². The van der Waals surface area contributed by atoms with E-state index >= 15 is 0 Å². The highest BCUT2D eigenvalue weighted by molar-refractivity contribution is 7.82. The molecule has 0 aromatic heterocycles. The molecule has 1 aromatic carbocycles. The number of aryl methyl sites for hydroxylation is 1. The molecule has 1 saturated heterocycles. The molecule has 1 N–H and O–H groups in total. The number of hydrogen-bond acceptors (Lipinski definition) is 2. The first kappa shape index (κ1) is 15.5. The van der Waals surface area contributed by atoms with Crippen LogP contribution in [-0.2, 0) is 22.3 Å². The van der Waals surface area contributed by atoms with Crippen LogP contribution in [0.1, 0.15) is 24.0 Å². The van der Waals surface area contributed by atoms with Gasteiger partial charge in [0.25, 0.3) is 0 Å². The standard InChI is InChI=1S/C14H19ClN2O2S/c1-10-5-6-11(12(15)8-10)9-16-14(18)13-4-3-7-20(19)17(13)2/h5-6,8,13H,3-4,7,9H2,1-2H3,(H,16,18). The number of amides is 1. The van der Waals surface area contributed by atoms with Gasteiger partial charge in [-0.15, -0.1) is 0 Å². The zero-order valence-corrected chi connectivity index (χ0v) is 13.3. The van der Waals surface area contributed by atoms with E-state index in [1.54, 1.807) is 11.4 Å². The monoisotopic (exact) mass is 314 g/mol. The zero-order valence-electron chi connectivity index (χ0n) is 11.7. The molecule has 1 heterocycles. The maximum absolute atomic E-state index is 12.2. The van der Waals surface area contributed by atoms with Crippen molar-refractivity contribution < 1.29 is 9.00 Å². The fourth-order valence-electron chi connectivity index (χ4n) is 2.26. The van der Waals surface area contributed by atoms with E-state index in [1.807, 2.05) is 25.1 Å². The summed E-state index contributed by atoms with van der Waals surface area (Å²) in [6.45, 7) is 2.37. The Hall–Kier alpha value is -0.910. The summed E-state index contributed by atoms with van der Waals surface area (Å²) in [5.41, 5.74) is 1.98. The fraction of sp³-hybridized carbons (Fsp3) is 0.500. The molecule has 0 radical (unpaired) electrons. The molecule has 1 amide bonds. The van der Waals surface area contributed by atoms with Gasteiger partial charge in [-0.3, -0.25) is 4.79 Å². The minimum atomic E-state index is -1.04. The van der Waals surface area contributed by atoms with Crippen LogP contribution in [0.3, 0.4) is 0 Å². The molecule has 0 bridgehead atoms. The van der Waals surface area contributed by atoms with Gasteiger partial charge in [0.05, 0.1) is 11.0 Å². The van der Waals surface area contributed by atoms with Crippen LogP contribution in [0, 0.1) is 6.92 Å². The largest absolute Gasteiger partial charge is 0.351 e. The average molecular weight is 315 g/mol. The number of carbonyl (C=O) groups excluding carboxylic acids is 1. The van der Waals surface area contributed by atoms with E-state index in [0.717, 1.165) is 24.0 Å². The number of halogens is 1. The maximum Gasteiger partial charge on any atom is 0.238 e. The van der Waals surface area contributed by atoms with Gasteiger partial charge in [0.2, 0.25) is 5.91 Å². The lowest BCUT2D eigenvalue weighted by Gasteiger charge is -2.30. The molecule has 20 heavy (non-hydrogen) atoms. The molecule has 1 aromatic rings. The molecule has 1 fully saturated rings. The Morgan fingerprint density at radius 2 is 2.30 bits per heavy atom. The van der Waals surface area contributed by atoms with E-state index in [0.29, 0.717) is 17.3 Å². The lowest BCUT2D eigenvalue weighted by Crippen LogP contribution is -2.48. The van der Waals surface area contributed by atoms with Crippen molar-refractivity contribution in [2.75, 3.05) is 12.8 Å². The molecule has 6 heteroatoms. The van der Waals surface area contributed by atoms with Crippen molar-refractivity contribution >= 4 is 28.5 Å². The van der Waals surface area contributed by atoms with Crippen molar-refractivity contribution in [2.45, 2.75) is 32.4 Å². The minimum absolute atomic E-state index is 0.0859. The van der Waals surface area contributed by atoms with E-state index in [-0.39, 0.29) is 11.9 Å². The molecule has 110 valence electrons. The van der Waals surface area contributed by atoms with Crippen LogP contribution in [0.5, 0.6) is 0 Å². The first-order valence-electron chi connectivity index (χ1n) is 6.63. The van der Waals surface area contributed by atoms with Crippen LogP contribution < -0.4 is 5.32 Å². The van der Waals surface area contributed by atoms with E-state index in [2.05, 4.69) is 5.32 Å². The molecule has 2 atom stereocenters. The van der Waals surface area contributed by atoms with Crippen molar-refractivity contribution in [3.8, 4) is 0 Å². The Bertz CT molecular complexity index is 536. The molecule has 2 unspecified atom stereocenters. The first-order valence-corrected chi connectivity index (χ1v) is 8.28. The second kappa shape index (κ2) is 6.70. The van der Waals surface area contributed by atoms with Gasteiger partial charge in [-0.2, -0.15) is 0 Å². The van der Waals surface area contributed by atoms with Gasteiger partial charge in [0.15, 0.2) is 0 Å². The fourth-order valence-corrected chi connectivity index (χ4v) is 3.75. The summed E-state index contributed by atoms with van der Waals surface area (Å²) < 4.78 is 13.4. The van der Waals surface area contributed by atoms with Gasteiger partial charge in [-0.1, -0.05) is 23.7 Å². The average Bonchev–Trinajstić information content (AvgIpc) is 2.40. The second-order valence-corrected chi connectivity index (χ2v) is 7.08. The van der Waals surface area contributed by atoms with Crippen LogP contribution in [0.4, 0.5) is 0 Å². The second-order valence-electron chi connectivity index (χ2n) is 5.04. The Labute approximate surface area is 127 Å². The Morgan fingerprint density at radius 3 is 3.00 bits per heavy atom. The summed E-state index contributed by atoms with van der Waals surface area (Å²) in [6.07, 6.45) is 1.57. The highest BCUT2D eigenvalue weighted by Crippen LogP contribution is 2.19. The van der Waals surface area contributed by atoms with Crippen LogP contribution >= 0.6 is 11.6 Å². The quantitative estimate of drug-likeness (QED) is 0.928. The molecular formula is C14H19ClN2O2S. The SMILES string of the molecule is Cc1ccc(CNC(=O)C2CCCS(=O)N2C)c(Cl)c1. The van der Waals surface area contributed by atoms with Crippen molar-refractivity contribution in [1.82, 2.24) is 9.62 Å². The molecule has 0 aliphatic carbocycles. The highest BCUT2D eigenvalue weighted by atomic mass is 35.5. The summed E-state index contributed by atoms with van der Waals surface area (Å²) in [6, 6.07) is 5.45. The van der Waals surface area contributed by atoms with Crippen molar-refractivity contribution in [3.05, 3.63) is 34.3 Å². The zero-order chi connectivity index (χ0) is 14.7. The summed E-state index contributed by atoms with van der Waals surface area (Å²) in [5.74, 6) is 0.557. The lowest BCUT2D eigenvalue weighted by atomic mass is 10.1. The Morgan fingerprint density at radius 1 is 1.55 bits per heavy atom. The lowest BCUT2D eigenvalue weighted by molar-refractivity contribution is -0.125. The number of nitrogens with zero attached hydrogens (tertiary/aromatic N) is 1. The first-order chi connectivity index (χ1) is 9.49. The topological polar surface area (TPSA) is 49.4 Å². The van der Waals surface area contributed by atoms with Gasteiger partial charge in [-0.05, 0) is 37.0 Å². The number of rotatable bonds is 3. The Balaban J connectivity index is 1.96. The van der Waals surface area contributed by atoms with Crippen molar-refractivity contribution in [2.24, 2.45) is 0 Å². The maximum atomic E-state index is 12.2. The van der Waals surface area contributed by atoms with Gasteiger partial charge in [0, 0.05) is 24.4 Å². The number of likely N-dealkylation sites (N-methyl/N-ethyl adjacent to an activating group) is 1. The normalized spacial score (nSPS) is 23.6. The Kier molecular flexibility index (Phi) is 5.18. The number of nitrogens with one attached hydrogen (secondary N) is 1. The number of carbonyl (C=O) groups is 1. The minimum Gasteiger partial charge on any atom is -0.351 e. The van der Waals surface area contributed by atoms with E-state index in [4.69, 9.17) is 11.6 Å². The summed E-state index contributed by atoms with van der Waals surface area (Å²) in [7, 11) is 0.690.